The van der Waals surface area contributed by atoms with Gasteiger partial charge in [0.2, 0.25) is 0 Å². The minimum atomic E-state index is -0.572. The lowest BCUT2D eigenvalue weighted by Crippen LogP contribution is -2.35. The van der Waals surface area contributed by atoms with Gasteiger partial charge in [-0.05, 0) is 31.9 Å². The number of hydrogen-bond acceptors (Lipinski definition) is 3. The standard InChI is InChI=1S/C13H19NO2/c15-12-7-2-1-6-11(12)13(16)9-10-5-3-4-8-14-10/h1-2,6-7,10,13-16H,3-5,8-9H2. The van der Waals surface area contributed by atoms with Gasteiger partial charge in [-0.2, -0.15) is 0 Å². The van der Waals surface area contributed by atoms with E-state index in [1.54, 1.807) is 18.2 Å². The van der Waals surface area contributed by atoms with Crippen LogP contribution in [0.3, 0.4) is 0 Å². The number of aliphatic hydroxyl groups excluding tert-OH is 1. The Balaban J connectivity index is 1.96. The molecule has 3 nitrogen and oxygen atoms in total. The first-order valence-electron chi connectivity index (χ1n) is 5.96. The first kappa shape index (κ1) is 11.4. The maximum absolute atomic E-state index is 10.1. The summed E-state index contributed by atoms with van der Waals surface area (Å²) in [6, 6.07) is 7.38. The van der Waals surface area contributed by atoms with Crippen LogP contribution in [0.2, 0.25) is 0 Å². The van der Waals surface area contributed by atoms with Crippen LogP contribution in [0.5, 0.6) is 5.75 Å². The number of para-hydroxylation sites is 1. The van der Waals surface area contributed by atoms with Crippen molar-refractivity contribution in [1.82, 2.24) is 5.32 Å². The second-order valence-electron chi connectivity index (χ2n) is 4.46. The topological polar surface area (TPSA) is 52.5 Å². The Morgan fingerprint density at radius 2 is 2.12 bits per heavy atom. The molecule has 1 fully saturated rings. The second kappa shape index (κ2) is 5.32. The fourth-order valence-corrected chi connectivity index (χ4v) is 2.29. The van der Waals surface area contributed by atoms with Crippen molar-refractivity contribution in [3.8, 4) is 5.75 Å². The van der Waals surface area contributed by atoms with Crippen LogP contribution >= 0.6 is 0 Å². The number of hydrogen-bond donors (Lipinski definition) is 3. The molecule has 16 heavy (non-hydrogen) atoms. The summed E-state index contributed by atoms with van der Waals surface area (Å²) >= 11 is 0. The van der Waals surface area contributed by atoms with Crippen molar-refractivity contribution in [2.24, 2.45) is 0 Å². The lowest BCUT2D eigenvalue weighted by molar-refractivity contribution is 0.141. The Bertz CT molecular complexity index is 334. The van der Waals surface area contributed by atoms with Crippen LogP contribution in [0.15, 0.2) is 24.3 Å². The molecule has 1 aromatic rings. The molecule has 3 N–H and O–H groups in total. The summed E-state index contributed by atoms with van der Waals surface area (Å²) in [6.45, 7) is 1.04. The van der Waals surface area contributed by atoms with Crippen molar-refractivity contribution in [2.45, 2.75) is 37.8 Å². The van der Waals surface area contributed by atoms with Crippen LogP contribution in [0, 0.1) is 0 Å². The molecule has 0 amide bonds. The maximum Gasteiger partial charge on any atom is 0.121 e. The van der Waals surface area contributed by atoms with Crippen molar-refractivity contribution in [2.75, 3.05) is 6.54 Å². The van der Waals surface area contributed by atoms with Gasteiger partial charge in [0.1, 0.15) is 5.75 Å². The van der Waals surface area contributed by atoms with Crippen molar-refractivity contribution in [3.63, 3.8) is 0 Å². The van der Waals surface area contributed by atoms with Gasteiger partial charge in [0.25, 0.3) is 0 Å². The molecule has 0 bridgehead atoms. The normalized spacial score (nSPS) is 22.9. The van der Waals surface area contributed by atoms with Gasteiger partial charge in [0, 0.05) is 11.6 Å². The molecule has 1 aromatic carbocycles. The Labute approximate surface area is 96.1 Å². The SMILES string of the molecule is Oc1ccccc1C(O)CC1CCCCN1. The van der Waals surface area contributed by atoms with Gasteiger partial charge >= 0.3 is 0 Å². The summed E-state index contributed by atoms with van der Waals surface area (Å²) in [5, 5.41) is 23.1. The second-order valence-corrected chi connectivity index (χ2v) is 4.46. The largest absolute Gasteiger partial charge is 0.508 e. The molecular weight excluding hydrogens is 202 g/mol. The minimum absolute atomic E-state index is 0.186. The molecule has 1 aliphatic heterocycles. The molecule has 2 unspecified atom stereocenters. The van der Waals surface area contributed by atoms with E-state index < -0.39 is 6.10 Å². The summed E-state index contributed by atoms with van der Waals surface area (Å²) in [5.41, 5.74) is 0.634. The van der Waals surface area contributed by atoms with Gasteiger partial charge in [-0.25, -0.2) is 0 Å². The number of rotatable bonds is 3. The molecule has 0 spiro atoms. The first-order valence-corrected chi connectivity index (χ1v) is 5.96. The van der Waals surface area contributed by atoms with Crippen LogP contribution in [-0.4, -0.2) is 22.8 Å². The smallest absolute Gasteiger partial charge is 0.121 e. The molecule has 0 aliphatic carbocycles. The molecule has 1 heterocycles. The number of aliphatic hydroxyl groups is 1. The number of phenolic OH excluding ortho intramolecular Hbond substituents is 1. The summed E-state index contributed by atoms with van der Waals surface area (Å²) in [7, 11) is 0. The lowest BCUT2D eigenvalue weighted by atomic mass is 9.95. The molecule has 2 atom stereocenters. The molecule has 0 aromatic heterocycles. The predicted molar refractivity (Wildman–Crippen MR) is 63.3 cm³/mol. The maximum atomic E-state index is 10.1. The highest BCUT2D eigenvalue weighted by Gasteiger charge is 2.19. The molecule has 2 rings (SSSR count). The van der Waals surface area contributed by atoms with E-state index in [-0.39, 0.29) is 5.75 Å². The number of piperidine rings is 1. The van der Waals surface area contributed by atoms with Gasteiger partial charge in [-0.15, -0.1) is 0 Å². The molecule has 1 saturated heterocycles. The highest BCUT2D eigenvalue weighted by atomic mass is 16.3. The first-order chi connectivity index (χ1) is 7.77. The summed E-state index contributed by atoms with van der Waals surface area (Å²) < 4.78 is 0. The molecule has 1 aliphatic rings. The lowest BCUT2D eigenvalue weighted by Gasteiger charge is -2.25. The average molecular weight is 221 g/mol. The highest BCUT2D eigenvalue weighted by molar-refractivity contribution is 5.33. The van der Waals surface area contributed by atoms with Gasteiger partial charge in [-0.3, -0.25) is 0 Å². The van der Waals surface area contributed by atoms with E-state index in [1.807, 2.05) is 6.07 Å². The van der Waals surface area contributed by atoms with Crippen LogP contribution in [0.1, 0.15) is 37.4 Å². The van der Waals surface area contributed by atoms with E-state index in [9.17, 15) is 10.2 Å². The number of aromatic hydroxyl groups is 1. The van der Waals surface area contributed by atoms with E-state index in [4.69, 9.17) is 0 Å². The number of benzene rings is 1. The van der Waals surface area contributed by atoms with Gasteiger partial charge < -0.3 is 15.5 Å². The zero-order chi connectivity index (χ0) is 11.4. The molecule has 3 heteroatoms. The fourth-order valence-electron chi connectivity index (χ4n) is 2.29. The molecule has 0 radical (unpaired) electrons. The number of phenols is 1. The quantitative estimate of drug-likeness (QED) is 0.731. The Morgan fingerprint density at radius 1 is 1.31 bits per heavy atom. The van der Waals surface area contributed by atoms with E-state index >= 15 is 0 Å². The zero-order valence-electron chi connectivity index (χ0n) is 9.39. The van der Waals surface area contributed by atoms with Crippen LogP contribution in [-0.2, 0) is 0 Å². The number of nitrogens with one attached hydrogen (secondary N) is 1. The summed E-state index contributed by atoms with van der Waals surface area (Å²) in [5.74, 6) is 0.186. The molecular formula is C13H19NO2. The molecule has 0 saturated carbocycles. The zero-order valence-corrected chi connectivity index (χ0v) is 9.39. The van der Waals surface area contributed by atoms with E-state index in [0.29, 0.717) is 18.0 Å². The fraction of sp³-hybridized carbons (Fsp3) is 0.538. The highest BCUT2D eigenvalue weighted by Crippen LogP contribution is 2.28. The third-order valence-electron chi connectivity index (χ3n) is 3.22. The van der Waals surface area contributed by atoms with Gasteiger partial charge in [-0.1, -0.05) is 24.6 Å². The Morgan fingerprint density at radius 3 is 2.81 bits per heavy atom. The van der Waals surface area contributed by atoms with Crippen molar-refractivity contribution in [3.05, 3.63) is 29.8 Å². The van der Waals surface area contributed by atoms with Crippen molar-refractivity contribution >= 4 is 0 Å². The van der Waals surface area contributed by atoms with Crippen molar-refractivity contribution in [1.29, 1.82) is 0 Å². The van der Waals surface area contributed by atoms with E-state index in [1.165, 1.54) is 12.8 Å². The van der Waals surface area contributed by atoms with Crippen LogP contribution in [0.25, 0.3) is 0 Å². The third kappa shape index (κ3) is 2.74. The minimum Gasteiger partial charge on any atom is -0.508 e. The Hall–Kier alpha value is -1.06. The van der Waals surface area contributed by atoms with E-state index in [0.717, 1.165) is 13.0 Å². The monoisotopic (exact) mass is 221 g/mol. The third-order valence-corrected chi connectivity index (χ3v) is 3.22. The van der Waals surface area contributed by atoms with Crippen LogP contribution in [0.4, 0.5) is 0 Å². The van der Waals surface area contributed by atoms with Gasteiger partial charge in [0.05, 0.1) is 6.10 Å². The summed E-state index contributed by atoms with van der Waals surface area (Å²) in [4.78, 5) is 0. The average Bonchev–Trinajstić information content (AvgIpc) is 2.31. The van der Waals surface area contributed by atoms with E-state index in [2.05, 4.69) is 5.32 Å². The predicted octanol–water partition coefficient (Wildman–Crippen LogP) is 1.96. The van der Waals surface area contributed by atoms with Crippen LogP contribution < -0.4 is 5.32 Å². The van der Waals surface area contributed by atoms with Crippen molar-refractivity contribution < 1.29 is 10.2 Å². The Kier molecular flexibility index (Phi) is 3.80. The summed E-state index contributed by atoms with van der Waals surface area (Å²) in [6.07, 6.45) is 3.67. The molecule has 88 valence electrons. The van der Waals surface area contributed by atoms with Gasteiger partial charge in [0.15, 0.2) is 0 Å².